The van der Waals surface area contributed by atoms with Gasteiger partial charge in [-0.25, -0.2) is 4.98 Å². The van der Waals surface area contributed by atoms with Crippen molar-refractivity contribution in [3.63, 3.8) is 0 Å². The van der Waals surface area contributed by atoms with Crippen LogP contribution in [0.25, 0.3) is 0 Å². The molecule has 5 nitrogen and oxygen atoms in total. The summed E-state index contributed by atoms with van der Waals surface area (Å²) >= 11 is 0. The summed E-state index contributed by atoms with van der Waals surface area (Å²) in [5.41, 5.74) is 10.8. The smallest absolute Gasteiger partial charge is 0.423 e. The van der Waals surface area contributed by atoms with Crippen LogP contribution in [0.15, 0.2) is 12.1 Å². The fourth-order valence-electron chi connectivity index (χ4n) is 0.746. The summed E-state index contributed by atoms with van der Waals surface area (Å²) in [6, 6.07) is 2.70. The van der Waals surface area contributed by atoms with E-state index in [0.29, 0.717) is 0 Å². The van der Waals surface area contributed by atoms with Crippen molar-refractivity contribution in [2.24, 2.45) is 0 Å². The Morgan fingerprint density at radius 3 is 2.00 bits per heavy atom. The van der Waals surface area contributed by atoms with Crippen molar-refractivity contribution in [1.82, 2.24) is 4.98 Å². The first-order valence-electron chi connectivity index (χ1n) is 2.98. The number of anilines is 2. The molecule has 0 radical (unpaired) electrons. The van der Waals surface area contributed by atoms with Crippen LogP contribution in [0.5, 0.6) is 0 Å². The highest BCUT2D eigenvalue weighted by Gasteiger charge is 2.11. The number of hydrogen-bond acceptors (Lipinski definition) is 5. The van der Waals surface area contributed by atoms with Gasteiger partial charge in [0.1, 0.15) is 11.6 Å². The van der Waals surface area contributed by atoms with Crippen LogP contribution >= 0.6 is 0 Å². The molecule has 6 heteroatoms. The van der Waals surface area contributed by atoms with E-state index in [0.717, 1.165) is 0 Å². The van der Waals surface area contributed by atoms with Gasteiger partial charge in [0, 0.05) is 0 Å². The first-order valence-corrected chi connectivity index (χ1v) is 2.98. The molecular weight excluding hydrogens is 145 g/mol. The SMILES string of the molecule is Nc1cc(B(O)O)cc(N)n1. The van der Waals surface area contributed by atoms with E-state index in [1.807, 2.05) is 0 Å². The molecule has 6 N–H and O–H groups in total. The van der Waals surface area contributed by atoms with Crippen molar-refractivity contribution in [2.75, 3.05) is 11.5 Å². The van der Waals surface area contributed by atoms with E-state index in [-0.39, 0.29) is 17.1 Å². The van der Waals surface area contributed by atoms with Gasteiger partial charge in [0.05, 0.1) is 0 Å². The number of hydrogen-bond donors (Lipinski definition) is 4. The number of rotatable bonds is 1. The molecule has 1 aromatic rings. The maximum Gasteiger partial charge on any atom is 0.488 e. The summed E-state index contributed by atoms with van der Waals surface area (Å²) in [5, 5.41) is 17.4. The molecule has 0 saturated carbocycles. The van der Waals surface area contributed by atoms with Crippen LogP contribution in [0.3, 0.4) is 0 Å². The zero-order valence-corrected chi connectivity index (χ0v) is 5.73. The van der Waals surface area contributed by atoms with Gasteiger partial charge in [-0.2, -0.15) is 0 Å². The molecule has 0 aliphatic rings. The van der Waals surface area contributed by atoms with Crippen molar-refractivity contribution in [3.8, 4) is 0 Å². The minimum Gasteiger partial charge on any atom is -0.423 e. The molecule has 0 aliphatic heterocycles. The average Bonchev–Trinajstić information content (AvgIpc) is 1.85. The van der Waals surface area contributed by atoms with Gasteiger partial charge in [-0.1, -0.05) is 0 Å². The molecule has 0 saturated heterocycles. The Labute approximate surface area is 63.8 Å². The number of pyridine rings is 1. The van der Waals surface area contributed by atoms with Crippen LogP contribution in [-0.4, -0.2) is 22.2 Å². The molecule has 0 spiro atoms. The van der Waals surface area contributed by atoms with Gasteiger partial charge >= 0.3 is 7.12 Å². The lowest BCUT2D eigenvalue weighted by Gasteiger charge is -2.01. The fourth-order valence-corrected chi connectivity index (χ4v) is 0.746. The van der Waals surface area contributed by atoms with Gasteiger partial charge in [0.15, 0.2) is 0 Å². The highest BCUT2D eigenvalue weighted by Crippen LogP contribution is 1.99. The normalized spacial score (nSPS) is 9.64. The van der Waals surface area contributed by atoms with E-state index in [1.54, 1.807) is 0 Å². The quantitative estimate of drug-likeness (QED) is 0.346. The molecule has 58 valence electrons. The molecule has 0 bridgehead atoms. The highest BCUT2D eigenvalue weighted by atomic mass is 16.4. The molecule has 0 atom stereocenters. The van der Waals surface area contributed by atoms with Crippen LogP contribution in [0.4, 0.5) is 11.6 Å². The van der Waals surface area contributed by atoms with E-state index in [2.05, 4.69) is 4.98 Å². The van der Waals surface area contributed by atoms with Crippen LogP contribution in [0.2, 0.25) is 0 Å². The Morgan fingerprint density at radius 1 is 1.18 bits per heavy atom. The van der Waals surface area contributed by atoms with Gasteiger partial charge in [0.2, 0.25) is 0 Å². The molecule has 1 heterocycles. The Bertz CT molecular complexity index is 246. The summed E-state index contributed by atoms with van der Waals surface area (Å²) in [4.78, 5) is 3.65. The maximum absolute atomic E-state index is 8.69. The van der Waals surface area contributed by atoms with E-state index in [1.165, 1.54) is 12.1 Å². The number of nitrogens with two attached hydrogens (primary N) is 2. The standard InChI is InChI=1S/C5H8BN3O2/c7-4-1-3(6(10)11)2-5(8)9-4/h1-2,10-11H,(H4,7,8,9). The van der Waals surface area contributed by atoms with Crippen molar-refractivity contribution in [3.05, 3.63) is 12.1 Å². The molecule has 11 heavy (non-hydrogen) atoms. The van der Waals surface area contributed by atoms with Crippen LogP contribution in [0, 0.1) is 0 Å². The van der Waals surface area contributed by atoms with Gasteiger partial charge in [-0.15, -0.1) is 0 Å². The molecule has 0 aromatic carbocycles. The van der Waals surface area contributed by atoms with Crippen molar-refractivity contribution in [1.29, 1.82) is 0 Å². The molecular formula is C5H8BN3O2. The largest absolute Gasteiger partial charge is 0.488 e. The van der Waals surface area contributed by atoms with E-state index < -0.39 is 7.12 Å². The third-order valence-electron chi connectivity index (χ3n) is 1.19. The number of nitrogens with zero attached hydrogens (tertiary/aromatic N) is 1. The Morgan fingerprint density at radius 2 is 1.64 bits per heavy atom. The zero-order valence-electron chi connectivity index (χ0n) is 5.73. The predicted octanol–water partition coefficient (Wildman–Crippen LogP) is -2.07. The topological polar surface area (TPSA) is 105 Å². The number of aromatic nitrogens is 1. The zero-order chi connectivity index (χ0) is 8.43. The van der Waals surface area contributed by atoms with Crippen molar-refractivity contribution in [2.45, 2.75) is 0 Å². The Kier molecular flexibility index (Phi) is 1.97. The summed E-state index contributed by atoms with van der Waals surface area (Å²) in [7, 11) is -1.55. The number of nitrogen functional groups attached to an aromatic ring is 2. The van der Waals surface area contributed by atoms with Crippen LogP contribution < -0.4 is 16.9 Å². The van der Waals surface area contributed by atoms with Crippen molar-refractivity contribution < 1.29 is 10.0 Å². The first-order chi connectivity index (χ1) is 5.09. The molecule has 1 aromatic heterocycles. The minimum absolute atomic E-state index is 0.174. The summed E-state index contributed by atoms with van der Waals surface area (Å²) in [6.07, 6.45) is 0. The second kappa shape index (κ2) is 2.77. The van der Waals surface area contributed by atoms with E-state index in [9.17, 15) is 0 Å². The predicted molar refractivity (Wildman–Crippen MR) is 42.9 cm³/mol. The molecule has 0 fully saturated rings. The summed E-state index contributed by atoms with van der Waals surface area (Å²) in [5.74, 6) is 0.348. The van der Waals surface area contributed by atoms with Gasteiger partial charge < -0.3 is 21.5 Å². The molecule has 0 amide bonds. The first kappa shape index (κ1) is 7.84. The second-order valence-corrected chi connectivity index (χ2v) is 2.12. The molecule has 0 unspecified atom stereocenters. The molecule has 0 aliphatic carbocycles. The van der Waals surface area contributed by atoms with Gasteiger partial charge in [-0.3, -0.25) is 0 Å². The van der Waals surface area contributed by atoms with Crippen LogP contribution in [-0.2, 0) is 0 Å². The third kappa shape index (κ3) is 1.82. The third-order valence-corrected chi connectivity index (χ3v) is 1.19. The van der Waals surface area contributed by atoms with E-state index >= 15 is 0 Å². The maximum atomic E-state index is 8.69. The van der Waals surface area contributed by atoms with Gasteiger partial charge in [-0.05, 0) is 17.6 Å². The lowest BCUT2D eigenvalue weighted by atomic mass is 9.81. The van der Waals surface area contributed by atoms with Crippen LogP contribution in [0.1, 0.15) is 0 Å². The Hall–Kier alpha value is -1.27. The second-order valence-electron chi connectivity index (χ2n) is 2.12. The van der Waals surface area contributed by atoms with Gasteiger partial charge in [0.25, 0.3) is 0 Å². The monoisotopic (exact) mass is 153 g/mol. The fraction of sp³-hybridized carbons (Fsp3) is 0. The lowest BCUT2D eigenvalue weighted by molar-refractivity contribution is 0.426. The van der Waals surface area contributed by atoms with Crippen molar-refractivity contribution >= 4 is 24.2 Å². The van der Waals surface area contributed by atoms with E-state index in [4.69, 9.17) is 21.5 Å². The minimum atomic E-state index is -1.55. The highest BCUT2D eigenvalue weighted by molar-refractivity contribution is 6.58. The average molecular weight is 153 g/mol. The summed E-state index contributed by atoms with van der Waals surface area (Å²) < 4.78 is 0. The Balaban J connectivity index is 3.08. The molecule has 1 rings (SSSR count). The lowest BCUT2D eigenvalue weighted by Crippen LogP contribution is -2.30. The summed E-state index contributed by atoms with van der Waals surface area (Å²) in [6.45, 7) is 0.